The second kappa shape index (κ2) is 5.17. The number of rotatable bonds is 3. The van der Waals surface area contributed by atoms with Crippen LogP contribution in [0.4, 0.5) is 0 Å². The minimum absolute atomic E-state index is 0.0551. The number of carbonyl (C=O) groups excluding carboxylic acids is 1. The van der Waals surface area contributed by atoms with Crippen molar-refractivity contribution < 1.29 is 4.79 Å². The Labute approximate surface area is 107 Å². The van der Waals surface area contributed by atoms with E-state index < -0.39 is 0 Å². The van der Waals surface area contributed by atoms with Gasteiger partial charge in [-0.1, -0.05) is 38.1 Å². The fourth-order valence-electron chi connectivity index (χ4n) is 1.75. The number of fused-ring (bicyclic) bond motifs is 1. The van der Waals surface area contributed by atoms with E-state index >= 15 is 0 Å². The Hall–Kier alpha value is -1.90. The van der Waals surface area contributed by atoms with E-state index in [1.54, 1.807) is 12.4 Å². The molecule has 0 radical (unpaired) electrons. The van der Waals surface area contributed by atoms with E-state index in [-0.39, 0.29) is 11.9 Å². The fourth-order valence-corrected chi connectivity index (χ4v) is 1.75. The fraction of sp³-hybridized carbons (Fsp3) is 0.333. The number of nitrogens with one attached hydrogen (secondary N) is 1. The average Bonchev–Trinajstić information content (AvgIpc) is 2.37. The van der Waals surface area contributed by atoms with E-state index in [1.807, 2.05) is 31.2 Å². The predicted octanol–water partition coefficient (Wildman–Crippen LogP) is 3.01. The van der Waals surface area contributed by atoms with Crippen LogP contribution in [-0.2, 0) is 0 Å². The van der Waals surface area contributed by atoms with E-state index in [1.165, 1.54) is 0 Å². The second-order valence-electron chi connectivity index (χ2n) is 4.91. The Morgan fingerprint density at radius 1 is 1.17 bits per heavy atom. The normalized spacial score (nSPS) is 12.7. The first-order chi connectivity index (χ1) is 8.59. The van der Waals surface area contributed by atoms with Gasteiger partial charge in [0, 0.05) is 23.8 Å². The van der Waals surface area contributed by atoms with Crippen LogP contribution >= 0.6 is 0 Å². The summed E-state index contributed by atoms with van der Waals surface area (Å²) in [6, 6.07) is 7.95. The van der Waals surface area contributed by atoms with Gasteiger partial charge in [0.15, 0.2) is 0 Å². The summed E-state index contributed by atoms with van der Waals surface area (Å²) in [5, 5.41) is 4.94. The first-order valence-corrected chi connectivity index (χ1v) is 6.23. The van der Waals surface area contributed by atoms with Crippen LogP contribution in [0.2, 0.25) is 0 Å². The van der Waals surface area contributed by atoms with E-state index in [0.29, 0.717) is 11.5 Å². The molecule has 1 atom stereocenters. The minimum Gasteiger partial charge on any atom is -0.349 e. The lowest BCUT2D eigenvalue weighted by Crippen LogP contribution is -2.36. The molecule has 1 aromatic heterocycles. The molecular formula is C15H18N2O. The van der Waals surface area contributed by atoms with Gasteiger partial charge in [-0.25, -0.2) is 0 Å². The van der Waals surface area contributed by atoms with Crippen LogP contribution in [-0.4, -0.2) is 16.9 Å². The number of benzene rings is 1. The van der Waals surface area contributed by atoms with Crippen molar-refractivity contribution in [2.24, 2.45) is 5.92 Å². The van der Waals surface area contributed by atoms with Crippen LogP contribution in [0, 0.1) is 5.92 Å². The third kappa shape index (κ3) is 2.50. The highest BCUT2D eigenvalue weighted by Crippen LogP contribution is 2.17. The van der Waals surface area contributed by atoms with E-state index in [0.717, 1.165) is 10.8 Å². The van der Waals surface area contributed by atoms with Crippen LogP contribution in [0.3, 0.4) is 0 Å². The van der Waals surface area contributed by atoms with Crippen molar-refractivity contribution in [2.75, 3.05) is 0 Å². The first-order valence-electron chi connectivity index (χ1n) is 6.23. The summed E-state index contributed by atoms with van der Waals surface area (Å²) in [5.74, 6) is 0.359. The maximum Gasteiger partial charge on any atom is 0.253 e. The molecule has 0 spiro atoms. The Morgan fingerprint density at radius 2 is 1.89 bits per heavy atom. The van der Waals surface area contributed by atoms with Gasteiger partial charge in [-0.2, -0.15) is 0 Å². The van der Waals surface area contributed by atoms with Crippen LogP contribution in [0.1, 0.15) is 31.1 Å². The van der Waals surface area contributed by atoms with Crippen molar-refractivity contribution >= 4 is 16.7 Å². The maximum atomic E-state index is 12.2. The topological polar surface area (TPSA) is 42.0 Å². The zero-order valence-electron chi connectivity index (χ0n) is 11.0. The van der Waals surface area contributed by atoms with E-state index in [2.05, 4.69) is 24.1 Å². The molecule has 2 rings (SSSR count). The molecule has 2 aromatic rings. The van der Waals surface area contributed by atoms with Gasteiger partial charge in [-0.3, -0.25) is 9.78 Å². The smallest absolute Gasteiger partial charge is 0.253 e. The molecule has 0 fully saturated rings. The lowest BCUT2D eigenvalue weighted by molar-refractivity contribution is 0.0932. The van der Waals surface area contributed by atoms with Crippen molar-refractivity contribution in [2.45, 2.75) is 26.8 Å². The quantitative estimate of drug-likeness (QED) is 0.899. The molecule has 1 unspecified atom stereocenters. The highest BCUT2D eigenvalue weighted by molar-refractivity contribution is 6.06. The third-order valence-corrected chi connectivity index (χ3v) is 3.27. The minimum atomic E-state index is -0.0551. The second-order valence-corrected chi connectivity index (χ2v) is 4.91. The zero-order valence-corrected chi connectivity index (χ0v) is 11.0. The van der Waals surface area contributed by atoms with Gasteiger partial charge in [0.05, 0.1) is 5.56 Å². The SMILES string of the molecule is CC(C)C(C)NC(=O)c1cncc2ccccc12. The summed E-state index contributed by atoms with van der Waals surface area (Å²) in [6.45, 7) is 6.19. The lowest BCUT2D eigenvalue weighted by atomic mass is 10.0. The van der Waals surface area contributed by atoms with Crippen molar-refractivity contribution in [1.29, 1.82) is 0 Å². The van der Waals surface area contributed by atoms with Crippen molar-refractivity contribution in [3.63, 3.8) is 0 Å². The molecule has 0 aliphatic carbocycles. The molecule has 1 aromatic carbocycles. The molecule has 18 heavy (non-hydrogen) atoms. The molecule has 0 saturated carbocycles. The van der Waals surface area contributed by atoms with Gasteiger partial charge in [0.25, 0.3) is 5.91 Å². The summed E-state index contributed by atoms with van der Waals surface area (Å²) in [4.78, 5) is 16.3. The Bertz CT molecular complexity index is 558. The Kier molecular flexibility index (Phi) is 3.60. The van der Waals surface area contributed by atoms with Crippen LogP contribution in [0.5, 0.6) is 0 Å². The van der Waals surface area contributed by atoms with Gasteiger partial charge in [0.2, 0.25) is 0 Å². The van der Waals surface area contributed by atoms with E-state index in [9.17, 15) is 4.79 Å². The maximum absolute atomic E-state index is 12.2. The average molecular weight is 242 g/mol. The molecule has 3 heteroatoms. The Morgan fingerprint density at radius 3 is 2.61 bits per heavy atom. The molecule has 0 aliphatic rings. The number of hydrogen-bond acceptors (Lipinski definition) is 2. The summed E-state index contributed by atoms with van der Waals surface area (Å²) < 4.78 is 0. The predicted molar refractivity (Wildman–Crippen MR) is 73.5 cm³/mol. The molecule has 1 N–H and O–H groups in total. The largest absolute Gasteiger partial charge is 0.349 e. The molecule has 94 valence electrons. The van der Waals surface area contributed by atoms with Crippen LogP contribution in [0.25, 0.3) is 10.8 Å². The van der Waals surface area contributed by atoms with Crippen molar-refractivity contribution in [3.05, 3.63) is 42.2 Å². The highest BCUT2D eigenvalue weighted by atomic mass is 16.1. The van der Waals surface area contributed by atoms with E-state index in [4.69, 9.17) is 0 Å². The standard InChI is InChI=1S/C15H18N2O/c1-10(2)11(3)17-15(18)14-9-16-8-12-6-4-5-7-13(12)14/h4-11H,1-3H3,(H,17,18). The summed E-state index contributed by atoms with van der Waals surface area (Å²) >= 11 is 0. The third-order valence-electron chi connectivity index (χ3n) is 3.27. The number of hydrogen-bond donors (Lipinski definition) is 1. The summed E-state index contributed by atoms with van der Waals surface area (Å²) in [5.41, 5.74) is 0.639. The monoisotopic (exact) mass is 242 g/mol. The number of amides is 1. The van der Waals surface area contributed by atoms with Gasteiger partial charge >= 0.3 is 0 Å². The van der Waals surface area contributed by atoms with Crippen LogP contribution < -0.4 is 5.32 Å². The van der Waals surface area contributed by atoms with Gasteiger partial charge in [-0.05, 0) is 18.2 Å². The molecule has 0 aliphatic heterocycles. The van der Waals surface area contributed by atoms with Gasteiger partial charge < -0.3 is 5.32 Å². The van der Waals surface area contributed by atoms with Crippen LogP contribution in [0.15, 0.2) is 36.7 Å². The number of carbonyl (C=O) groups is 1. The first kappa shape index (κ1) is 12.6. The number of pyridine rings is 1. The molecule has 3 nitrogen and oxygen atoms in total. The van der Waals surface area contributed by atoms with Crippen molar-refractivity contribution in [3.8, 4) is 0 Å². The van der Waals surface area contributed by atoms with Crippen molar-refractivity contribution in [1.82, 2.24) is 10.3 Å². The van der Waals surface area contributed by atoms with Gasteiger partial charge in [0.1, 0.15) is 0 Å². The highest BCUT2D eigenvalue weighted by Gasteiger charge is 2.14. The molecule has 1 heterocycles. The molecular weight excluding hydrogens is 224 g/mol. The summed E-state index contributed by atoms with van der Waals surface area (Å²) in [6.07, 6.45) is 3.41. The lowest BCUT2D eigenvalue weighted by Gasteiger charge is -2.17. The van der Waals surface area contributed by atoms with Gasteiger partial charge in [-0.15, -0.1) is 0 Å². The number of nitrogens with zero attached hydrogens (tertiary/aromatic N) is 1. The summed E-state index contributed by atoms with van der Waals surface area (Å²) in [7, 11) is 0. The zero-order chi connectivity index (χ0) is 13.1. The molecule has 1 amide bonds. The molecule has 0 bridgehead atoms. The number of aromatic nitrogens is 1. The molecule has 0 saturated heterocycles. The Balaban J connectivity index is 2.33.